The standard InChI is InChI=1S/C9H9ClN2O2S/c10-15(13,14)9-4-2-8(3-5-9)12-7-1-6-11/h2-7,11H,1H2. The van der Waals surface area contributed by atoms with Gasteiger partial charge in [-0.15, -0.1) is 0 Å². The Bertz CT molecular complexity index is 465. The molecule has 6 heteroatoms. The van der Waals surface area contributed by atoms with Crippen molar-refractivity contribution in [1.29, 1.82) is 5.41 Å². The van der Waals surface area contributed by atoms with Crippen LogP contribution >= 0.6 is 10.7 Å². The maximum absolute atomic E-state index is 10.9. The molecule has 0 bridgehead atoms. The van der Waals surface area contributed by atoms with Gasteiger partial charge < -0.3 is 5.41 Å². The quantitative estimate of drug-likeness (QED) is 0.652. The van der Waals surface area contributed by atoms with E-state index >= 15 is 0 Å². The Kier molecular flexibility index (Phi) is 3.99. The van der Waals surface area contributed by atoms with Gasteiger partial charge in [-0.1, -0.05) is 0 Å². The number of aliphatic imine (C=N–C) groups is 1. The molecule has 1 N–H and O–H groups in total. The molecule has 0 aliphatic carbocycles. The minimum absolute atomic E-state index is 0.0511. The number of benzene rings is 1. The Labute approximate surface area is 92.5 Å². The summed E-state index contributed by atoms with van der Waals surface area (Å²) in [6.45, 7) is 0. The van der Waals surface area contributed by atoms with Gasteiger partial charge in [0.1, 0.15) is 0 Å². The second-order valence-corrected chi connectivity index (χ2v) is 5.25. The van der Waals surface area contributed by atoms with Crippen LogP contribution in [0.4, 0.5) is 5.69 Å². The summed E-state index contributed by atoms with van der Waals surface area (Å²) in [4.78, 5) is 4.06. The zero-order chi connectivity index (χ0) is 11.3. The Morgan fingerprint density at radius 3 is 2.40 bits per heavy atom. The van der Waals surface area contributed by atoms with Crippen LogP contribution in [0.3, 0.4) is 0 Å². The molecular weight excluding hydrogens is 236 g/mol. The highest BCUT2D eigenvalue weighted by molar-refractivity contribution is 8.13. The first-order valence-electron chi connectivity index (χ1n) is 4.10. The van der Waals surface area contributed by atoms with Crippen LogP contribution in [0.1, 0.15) is 6.42 Å². The number of hydrogen-bond donors (Lipinski definition) is 1. The topological polar surface area (TPSA) is 70.3 Å². The lowest BCUT2D eigenvalue weighted by Gasteiger charge is -1.96. The molecule has 0 saturated carbocycles. The van der Waals surface area contributed by atoms with Gasteiger partial charge in [-0.2, -0.15) is 0 Å². The number of rotatable bonds is 4. The molecule has 0 heterocycles. The number of halogens is 1. The molecule has 0 saturated heterocycles. The third kappa shape index (κ3) is 3.81. The van der Waals surface area contributed by atoms with Crippen molar-refractivity contribution in [3.63, 3.8) is 0 Å². The van der Waals surface area contributed by atoms with Gasteiger partial charge in [-0.3, -0.25) is 4.99 Å². The molecule has 0 unspecified atom stereocenters. The lowest BCUT2D eigenvalue weighted by Crippen LogP contribution is -1.88. The van der Waals surface area contributed by atoms with Gasteiger partial charge in [0.15, 0.2) is 0 Å². The SMILES string of the molecule is N=CCC=Nc1ccc(S(=O)(=O)Cl)cc1. The van der Waals surface area contributed by atoms with Crippen molar-refractivity contribution in [1.82, 2.24) is 0 Å². The lowest BCUT2D eigenvalue weighted by atomic mass is 10.3. The smallest absolute Gasteiger partial charge is 0.261 e. The summed E-state index contributed by atoms with van der Waals surface area (Å²) in [5.74, 6) is 0. The van der Waals surface area contributed by atoms with Crippen LogP contribution in [0.2, 0.25) is 0 Å². The van der Waals surface area contributed by atoms with Gasteiger partial charge in [0.2, 0.25) is 0 Å². The van der Waals surface area contributed by atoms with Crippen molar-refractivity contribution in [3.05, 3.63) is 24.3 Å². The molecule has 1 aromatic rings. The Balaban J connectivity index is 2.86. The third-order valence-corrected chi connectivity index (χ3v) is 2.95. The van der Waals surface area contributed by atoms with Crippen molar-refractivity contribution >= 4 is 37.8 Å². The molecule has 0 fully saturated rings. The monoisotopic (exact) mass is 244 g/mol. The zero-order valence-corrected chi connectivity index (χ0v) is 9.29. The maximum atomic E-state index is 10.9. The fourth-order valence-electron chi connectivity index (χ4n) is 0.906. The van der Waals surface area contributed by atoms with Crippen LogP contribution in [0.15, 0.2) is 34.2 Å². The largest absolute Gasteiger partial charge is 0.313 e. The normalized spacial score (nSPS) is 11.8. The van der Waals surface area contributed by atoms with Crippen molar-refractivity contribution < 1.29 is 8.42 Å². The predicted octanol–water partition coefficient (Wildman–Crippen LogP) is 2.36. The van der Waals surface area contributed by atoms with E-state index in [0.29, 0.717) is 12.1 Å². The molecule has 0 amide bonds. The minimum Gasteiger partial charge on any atom is -0.313 e. The highest BCUT2D eigenvalue weighted by Crippen LogP contribution is 2.18. The van der Waals surface area contributed by atoms with E-state index in [0.717, 1.165) is 0 Å². The van der Waals surface area contributed by atoms with Crippen LogP contribution in [0, 0.1) is 5.41 Å². The van der Waals surface area contributed by atoms with E-state index in [1.54, 1.807) is 18.3 Å². The van der Waals surface area contributed by atoms with Crippen molar-refractivity contribution in [2.45, 2.75) is 11.3 Å². The number of nitrogens with one attached hydrogen (secondary N) is 1. The lowest BCUT2D eigenvalue weighted by molar-refractivity contribution is 0.609. The van der Waals surface area contributed by atoms with Crippen molar-refractivity contribution in [3.8, 4) is 0 Å². The summed E-state index contributed by atoms with van der Waals surface area (Å²) in [6.07, 6.45) is 3.24. The number of nitrogens with zero attached hydrogens (tertiary/aromatic N) is 1. The fraction of sp³-hybridized carbons (Fsp3) is 0.111. The van der Waals surface area contributed by atoms with Crippen LogP contribution < -0.4 is 0 Å². The van der Waals surface area contributed by atoms with Crippen molar-refractivity contribution in [2.24, 2.45) is 4.99 Å². The predicted molar refractivity (Wildman–Crippen MR) is 61.0 cm³/mol. The van der Waals surface area contributed by atoms with E-state index in [2.05, 4.69) is 4.99 Å². The fourth-order valence-corrected chi connectivity index (χ4v) is 1.68. The molecule has 0 aromatic heterocycles. The Morgan fingerprint density at radius 1 is 1.33 bits per heavy atom. The van der Waals surface area contributed by atoms with Crippen LogP contribution in [0.5, 0.6) is 0 Å². The highest BCUT2D eigenvalue weighted by Gasteiger charge is 2.08. The Morgan fingerprint density at radius 2 is 1.93 bits per heavy atom. The van der Waals surface area contributed by atoms with Gasteiger partial charge in [0.25, 0.3) is 9.05 Å². The molecule has 0 aliphatic heterocycles. The van der Waals surface area contributed by atoms with E-state index in [9.17, 15) is 8.42 Å². The molecule has 0 aliphatic rings. The van der Waals surface area contributed by atoms with E-state index in [1.165, 1.54) is 18.3 Å². The van der Waals surface area contributed by atoms with Crippen LogP contribution in [-0.2, 0) is 9.05 Å². The van der Waals surface area contributed by atoms with Gasteiger partial charge in [-0.25, -0.2) is 8.42 Å². The van der Waals surface area contributed by atoms with E-state index in [4.69, 9.17) is 16.1 Å². The molecule has 1 rings (SSSR count). The van der Waals surface area contributed by atoms with Crippen LogP contribution in [0.25, 0.3) is 0 Å². The first-order valence-corrected chi connectivity index (χ1v) is 6.41. The average molecular weight is 245 g/mol. The third-order valence-electron chi connectivity index (χ3n) is 1.58. The summed E-state index contributed by atoms with van der Waals surface area (Å²) in [6, 6.07) is 5.88. The maximum Gasteiger partial charge on any atom is 0.261 e. The highest BCUT2D eigenvalue weighted by atomic mass is 35.7. The molecule has 4 nitrogen and oxygen atoms in total. The number of hydrogen-bond acceptors (Lipinski definition) is 4. The summed E-state index contributed by atoms with van der Waals surface area (Å²) < 4.78 is 21.8. The molecule has 0 spiro atoms. The molecule has 0 radical (unpaired) electrons. The first-order chi connectivity index (χ1) is 7.04. The first kappa shape index (κ1) is 11.9. The van der Waals surface area contributed by atoms with Crippen LogP contribution in [-0.4, -0.2) is 20.8 Å². The van der Waals surface area contributed by atoms with Crippen molar-refractivity contribution in [2.75, 3.05) is 0 Å². The summed E-state index contributed by atoms with van der Waals surface area (Å²) >= 11 is 0. The molecule has 1 aromatic carbocycles. The summed E-state index contributed by atoms with van der Waals surface area (Å²) in [5.41, 5.74) is 0.626. The van der Waals surface area contributed by atoms with E-state index < -0.39 is 9.05 Å². The van der Waals surface area contributed by atoms with Gasteiger partial charge in [0.05, 0.1) is 10.6 Å². The van der Waals surface area contributed by atoms with E-state index in [1.807, 2.05) is 0 Å². The van der Waals surface area contributed by atoms with E-state index in [-0.39, 0.29) is 4.90 Å². The Hall–Kier alpha value is -1.20. The minimum atomic E-state index is -3.66. The molecule has 15 heavy (non-hydrogen) atoms. The second kappa shape index (κ2) is 5.04. The molecule has 80 valence electrons. The van der Waals surface area contributed by atoms with Gasteiger partial charge in [-0.05, 0) is 24.3 Å². The molecular formula is C9H9ClN2O2S. The van der Waals surface area contributed by atoms with Gasteiger partial charge >= 0.3 is 0 Å². The summed E-state index contributed by atoms with van der Waals surface area (Å²) in [7, 11) is 1.48. The average Bonchev–Trinajstić information content (AvgIpc) is 2.18. The molecule has 0 atom stereocenters. The zero-order valence-electron chi connectivity index (χ0n) is 7.72. The van der Waals surface area contributed by atoms with Gasteiger partial charge in [0, 0.05) is 29.5 Å². The summed E-state index contributed by atoms with van der Waals surface area (Å²) in [5, 5.41) is 6.77. The second-order valence-electron chi connectivity index (χ2n) is 2.68.